The van der Waals surface area contributed by atoms with Crippen molar-refractivity contribution in [3.63, 3.8) is 0 Å². The summed E-state index contributed by atoms with van der Waals surface area (Å²) in [5.41, 5.74) is 1.95. The summed E-state index contributed by atoms with van der Waals surface area (Å²) in [5.74, 6) is 0.0636. The van der Waals surface area contributed by atoms with Gasteiger partial charge in [0.15, 0.2) is 5.69 Å². The molecule has 0 aliphatic heterocycles. The highest BCUT2D eigenvalue weighted by molar-refractivity contribution is 5.89. The van der Waals surface area contributed by atoms with E-state index in [1.54, 1.807) is 26.0 Å². The summed E-state index contributed by atoms with van der Waals surface area (Å²) in [4.78, 5) is 23.3. The van der Waals surface area contributed by atoms with E-state index >= 15 is 0 Å². The average molecular weight is 357 g/mol. The highest BCUT2D eigenvalue weighted by Crippen LogP contribution is 2.42. The zero-order valence-electron chi connectivity index (χ0n) is 15.7. The number of esters is 1. The van der Waals surface area contributed by atoms with Crippen LogP contribution < -0.4 is 4.74 Å². The van der Waals surface area contributed by atoms with Gasteiger partial charge >= 0.3 is 5.97 Å². The van der Waals surface area contributed by atoms with Crippen molar-refractivity contribution in [3.8, 4) is 5.75 Å². The zero-order valence-corrected chi connectivity index (χ0v) is 15.7. The Bertz CT molecular complexity index is 889. The summed E-state index contributed by atoms with van der Waals surface area (Å²) < 4.78 is 7.40. The lowest BCUT2D eigenvalue weighted by Crippen LogP contribution is -2.25. The van der Waals surface area contributed by atoms with Gasteiger partial charge in [0.1, 0.15) is 5.75 Å². The Balaban J connectivity index is 1.95. The molecule has 2 aromatic rings. The Morgan fingerprint density at radius 1 is 1.31 bits per heavy atom. The van der Waals surface area contributed by atoms with Crippen LogP contribution in [0.5, 0.6) is 5.75 Å². The third-order valence-electron chi connectivity index (χ3n) is 4.54. The second-order valence-corrected chi connectivity index (χ2v) is 7.81. The lowest BCUT2D eigenvalue weighted by atomic mass is 10.1. The van der Waals surface area contributed by atoms with Crippen LogP contribution in [-0.4, -0.2) is 20.7 Å². The third kappa shape index (κ3) is 3.34. The van der Waals surface area contributed by atoms with Crippen LogP contribution >= 0.6 is 0 Å². The van der Waals surface area contributed by atoms with Gasteiger partial charge in [-0.3, -0.25) is 14.8 Å². The molecular formula is C19H23N3O4. The summed E-state index contributed by atoms with van der Waals surface area (Å²) in [6.45, 7) is 9.45. The fraction of sp³-hybridized carbons (Fsp3) is 0.474. The number of hydrogen-bond donors (Lipinski definition) is 0. The topological polar surface area (TPSA) is 87.3 Å². The standard InChI is InChI=1S/C19H23N3O4/c1-11-6-9-15(22(24)25)12(2)17(11)26-18(23)14-10-16(13-7-8-13)21(20-14)19(3,4)5/h6,9-10,13H,7-8H2,1-5H3. The molecule has 1 saturated carbocycles. The first-order chi connectivity index (χ1) is 12.1. The average Bonchev–Trinajstić information content (AvgIpc) is 3.27. The number of aromatic nitrogens is 2. The van der Waals surface area contributed by atoms with Crippen LogP contribution in [0.3, 0.4) is 0 Å². The normalized spacial score (nSPS) is 14.3. The first-order valence-electron chi connectivity index (χ1n) is 8.67. The van der Waals surface area contributed by atoms with E-state index in [0.29, 0.717) is 17.0 Å². The molecule has 26 heavy (non-hydrogen) atoms. The maximum absolute atomic E-state index is 12.7. The van der Waals surface area contributed by atoms with E-state index in [4.69, 9.17) is 4.74 Å². The quantitative estimate of drug-likeness (QED) is 0.353. The summed E-state index contributed by atoms with van der Waals surface area (Å²) in [5, 5.41) is 15.6. The van der Waals surface area contributed by atoms with Crippen LogP contribution in [0.15, 0.2) is 18.2 Å². The van der Waals surface area contributed by atoms with Gasteiger partial charge in [0.25, 0.3) is 5.69 Å². The zero-order chi connectivity index (χ0) is 19.2. The smallest absolute Gasteiger partial charge is 0.364 e. The van der Waals surface area contributed by atoms with Crippen molar-refractivity contribution >= 4 is 11.7 Å². The Morgan fingerprint density at radius 3 is 2.50 bits per heavy atom. The van der Waals surface area contributed by atoms with Crippen LogP contribution in [0, 0.1) is 24.0 Å². The molecule has 7 nitrogen and oxygen atoms in total. The molecule has 0 spiro atoms. The Morgan fingerprint density at radius 2 is 1.96 bits per heavy atom. The molecule has 0 unspecified atom stereocenters. The van der Waals surface area contributed by atoms with Crippen LogP contribution in [-0.2, 0) is 5.54 Å². The fourth-order valence-electron chi connectivity index (χ4n) is 3.02. The molecule has 3 rings (SSSR count). The van der Waals surface area contributed by atoms with Gasteiger partial charge < -0.3 is 4.74 Å². The van der Waals surface area contributed by atoms with E-state index in [0.717, 1.165) is 18.5 Å². The van der Waals surface area contributed by atoms with Crippen molar-refractivity contribution in [1.82, 2.24) is 9.78 Å². The molecule has 1 aromatic heterocycles. The highest BCUT2D eigenvalue weighted by Gasteiger charge is 2.33. The van der Waals surface area contributed by atoms with Gasteiger partial charge in [0.05, 0.1) is 16.0 Å². The van der Waals surface area contributed by atoms with E-state index in [1.807, 2.05) is 25.5 Å². The molecule has 0 amide bonds. The molecule has 138 valence electrons. The lowest BCUT2D eigenvalue weighted by Gasteiger charge is -2.22. The second-order valence-electron chi connectivity index (χ2n) is 7.81. The summed E-state index contributed by atoms with van der Waals surface area (Å²) in [6, 6.07) is 4.78. The van der Waals surface area contributed by atoms with Gasteiger partial charge in [0, 0.05) is 17.7 Å². The van der Waals surface area contributed by atoms with Crippen molar-refractivity contribution in [3.05, 3.63) is 50.8 Å². The predicted molar refractivity (Wildman–Crippen MR) is 96.7 cm³/mol. The first-order valence-corrected chi connectivity index (χ1v) is 8.67. The van der Waals surface area contributed by atoms with Gasteiger partial charge in [-0.05, 0) is 65.2 Å². The van der Waals surface area contributed by atoms with E-state index in [9.17, 15) is 14.9 Å². The van der Waals surface area contributed by atoms with Crippen molar-refractivity contribution in [2.24, 2.45) is 0 Å². The molecule has 1 fully saturated rings. The number of nitro groups is 1. The van der Waals surface area contributed by atoms with Gasteiger partial charge in [-0.1, -0.05) is 0 Å². The summed E-state index contributed by atoms with van der Waals surface area (Å²) >= 11 is 0. The minimum Gasteiger partial charge on any atom is -0.421 e. The van der Waals surface area contributed by atoms with Gasteiger partial charge in [0.2, 0.25) is 0 Å². The Hall–Kier alpha value is -2.70. The molecular weight excluding hydrogens is 334 g/mol. The SMILES string of the molecule is Cc1ccc([N+](=O)[O-])c(C)c1OC(=O)c1cc(C2CC2)n(C(C)(C)C)n1. The minimum atomic E-state index is -0.596. The fourth-order valence-corrected chi connectivity index (χ4v) is 3.02. The van der Waals surface area contributed by atoms with Gasteiger partial charge in [-0.15, -0.1) is 0 Å². The van der Waals surface area contributed by atoms with Crippen LogP contribution in [0.2, 0.25) is 0 Å². The molecule has 7 heteroatoms. The Labute approximate surface area is 152 Å². The van der Waals surface area contributed by atoms with Crippen LogP contribution in [0.25, 0.3) is 0 Å². The van der Waals surface area contributed by atoms with Crippen molar-refractivity contribution in [2.75, 3.05) is 0 Å². The van der Waals surface area contributed by atoms with E-state index in [2.05, 4.69) is 5.10 Å². The molecule has 1 heterocycles. The first kappa shape index (κ1) is 18.1. The van der Waals surface area contributed by atoms with E-state index < -0.39 is 10.9 Å². The number of nitrogens with zero attached hydrogens (tertiary/aromatic N) is 3. The van der Waals surface area contributed by atoms with Crippen LogP contribution in [0.1, 0.15) is 66.8 Å². The molecule has 1 aliphatic rings. The van der Waals surface area contributed by atoms with Crippen molar-refractivity contribution in [1.29, 1.82) is 0 Å². The molecule has 0 bridgehead atoms. The molecule has 0 atom stereocenters. The summed E-state index contributed by atoms with van der Waals surface area (Å²) in [7, 11) is 0. The third-order valence-corrected chi connectivity index (χ3v) is 4.54. The number of ether oxygens (including phenoxy) is 1. The number of rotatable bonds is 4. The molecule has 0 radical (unpaired) electrons. The second kappa shape index (κ2) is 6.23. The van der Waals surface area contributed by atoms with Crippen LogP contribution in [0.4, 0.5) is 5.69 Å². The van der Waals surface area contributed by atoms with E-state index in [1.165, 1.54) is 6.07 Å². The number of aryl methyl sites for hydroxylation is 1. The Kier molecular flexibility index (Phi) is 4.34. The maximum Gasteiger partial charge on any atom is 0.364 e. The molecule has 0 N–H and O–H groups in total. The van der Waals surface area contributed by atoms with Crippen molar-refractivity contribution in [2.45, 2.75) is 58.9 Å². The molecule has 1 aromatic carbocycles. The lowest BCUT2D eigenvalue weighted by molar-refractivity contribution is -0.385. The summed E-state index contributed by atoms with van der Waals surface area (Å²) in [6.07, 6.45) is 2.19. The molecule has 0 saturated heterocycles. The monoisotopic (exact) mass is 357 g/mol. The van der Waals surface area contributed by atoms with Crippen molar-refractivity contribution < 1.29 is 14.5 Å². The number of benzene rings is 1. The minimum absolute atomic E-state index is 0.0720. The number of carbonyl (C=O) groups is 1. The predicted octanol–water partition coefficient (Wildman–Crippen LogP) is 4.26. The largest absolute Gasteiger partial charge is 0.421 e. The number of hydrogen-bond acceptors (Lipinski definition) is 5. The highest BCUT2D eigenvalue weighted by atomic mass is 16.6. The van der Waals surface area contributed by atoms with Gasteiger partial charge in [-0.2, -0.15) is 5.10 Å². The van der Waals surface area contributed by atoms with E-state index in [-0.39, 0.29) is 22.7 Å². The maximum atomic E-state index is 12.7. The number of carbonyl (C=O) groups excluding carboxylic acids is 1. The molecule has 1 aliphatic carbocycles. The number of nitro benzene ring substituents is 1. The van der Waals surface area contributed by atoms with Gasteiger partial charge in [-0.25, -0.2) is 4.79 Å².